The van der Waals surface area contributed by atoms with Crippen LogP contribution in [0.25, 0.3) is 0 Å². The molecule has 0 aromatic heterocycles. The molecule has 0 spiro atoms. The van der Waals surface area contributed by atoms with Crippen LogP contribution in [0.3, 0.4) is 0 Å². The molecule has 0 bridgehead atoms. The molecule has 1 aromatic carbocycles. The molecule has 0 radical (unpaired) electrons. The normalized spacial score (nSPS) is 17.7. The molecule has 0 fully saturated rings. The van der Waals surface area contributed by atoms with Crippen molar-refractivity contribution in [2.24, 2.45) is 21.5 Å². The van der Waals surface area contributed by atoms with E-state index in [1.165, 1.54) is 6.92 Å². The summed E-state index contributed by atoms with van der Waals surface area (Å²) in [5.41, 5.74) is 12.3. The van der Waals surface area contributed by atoms with Gasteiger partial charge in [-0.2, -0.15) is 4.99 Å². The Bertz CT molecular complexity index is 588. The first-order chi connectivity index (χ1) is 8.81. The van der Waals surface area contributed by atoms with Crippen molar-refractivity contribution in [3.8, 4) is 0 Å². The fourth-order valence-corrected chi connectivity index (χ4v) is 2.12. The average Bonchev–Trinajstić information content (AvgIpc) is 2.26. The van der Waals surface area contributed by atoms with Crippen molar-refractivity contribution in [3.05, 3.63) is 29.8 Å². The molecule has 1 aromatic rings. The van der Waals surface area contributed by atoms with Gasteiger partial charge in [0, 0.05) is 11.3 Å². The van der Waals surface area contributed by atoms with E-state index in [4.69, 9.17) is 11.5 Å². The third-order valence-electron chi connectivity index (χ3n) is 2.90. The number of nitrogens with zero attached hydrogens (tertiary/aromatic N) is 3. The zero-order valence-corrected chi connectivity index (χ0v) is 11.2. The first-order valence-corrected chi connectivity index (χ1v) is 5.92. The lowest BCUT2D eigenvalue weighted by molar-refractivity contribution is 0.101. The molecule has 0 amide bonds. The monoisotopic (exact) mass is 259 g/mol. The van der Waals surface area contributed by atoms with Gasteiger partial charge in [-0.1, -0.05) is 12.1 Å². The van der Waals surface area contributed by atoms with Gasteiger partial charge >= 0.3 is 0 Å². The maximum absolute atomic E-state index is 11.4. The predicted molar refractivity (Wildman–Crippen MR) is 76.2 cm³/mol. The van der Waals surface area contributed by atoms with Gasteiger partial charge in [0.05, 0.1) is 0 Å². The Balaban J connectivity index is 2.49. The summed E-state index contributed by atoms with van der Waals surface area (Å²) in [6.07, 6.45) is 0. The molecule has 6 nitrogen and oxygen atoms in total. The Morgan fingerprint density at radius 3 is 2.58 bits per heavy atom. The van der Waals surface area contributed by atoms with E-state index in [1.807, 2.05) is 19.9 Å². The minimum absolute atomic E-state index is 0.00445. The number of carbonyl (C=O) groups is 1. The van der Waals surface area contributed by atoms with E-state index in [1.54, 1.807) is 23.1 Å². The molecular weight excluding hydrogens is 242 g/mol. The topological polar surface area (TPSA) is 97.1 Å². The number of hydrogen-bond donors (Lipinski definition) is 2. The highest BCUT2D eigenvalue weighted by Crippen LogP contribution is 2.27. The third kappa shape index (κ3) is 2.42. The molecule has 1 aliphatic heterocycles. The van der Waals surface area contributed by atoms with E-state index < -0.39 is 5.66 Å². The smallest absolute Gasteiger partial charge is 0.220 e. The van der Waals surface area contributed by atoms with E-state index in [0.29, 0.717) is 5.56 Å². The van der Waals surface area contributed by atoms with Crippen molar-refractivity contribution in [2.75, 3.05) is 4.90 Å². The van der Waals surface area contributed by atoms with Crippen LogP contribution < -0.4 is 16.4 Å². The quantitative estimate of drug-likeness (QED) is 0.776. The standard InChI is InChI=1S/C13H17N5O/c1-8(19)9-5-4-6-10(7-9)18-12(15)16-11(14)17-13(18,2)3/h4-7H,1-3H3,(H4,14,15,16,17). The van der Waals surface area contributed by atoms with Crippen LogP contribution in [0.15, 0.2) is 34.3 Å². The van der Waals surface area contributed by atoms with Gasteiger partial charge in [0.1, 0.15) is 5.66 Å². The van der Waals surface area contributed by atoms with E-state index in [-0.39, 0.29) is 17.7 Å². The van der Waals surface area contributed by atoms with Crippen LogP contribution >= 0.6 is 0 Å². The van der Waals surface area contributed by atoms with Gasteiger partial charge in [0.25, 0.3) is 0 Å². The van der Waals surface area contributed by atoms with Gasteiger partial charge < -0.3 is 11.5 Å². The molecule has 1 heterocycles. The summed E-state index contributed by atoms with van der Waals surface area (Å²) in [5, 5.41) is 0. The number of anilines is 1. The Morgan fingerprint density at radius 2 is 2.00 bits per heavy atom. The zero-order valence-electron chi connectivity index (χ0n) is 11.2. The van der Waals surface area contributed by atoms with Crippen molar-refractivity contribution in [2.45, 2.75) is 26.4 Å². The number of guanidine groups is 2. The predicted octanol–water partition coefficient (Wildman–Crippen LogP) is 1.07. The molecule has 100 valence electrons. The van der Waals surface area contributed by atoms with Crippen molar-refractivity contribution < 1.29 is 4.79 Å². The first kappa shape index (κ1) is 13.1. The third-order valence-corrected chi connectivity index (χ3v) is 2.90. The molecule has 0 atom stereocenters. The molecule has 19 heavy (non-hydrogen) atoms. The van der Waals surface area contributed by atoms with Crippen LogP contribution in [-0.4, -0.2) is 23.4 Å². The second-order valence-corrected chi connectivity index (χ2v) is 4.88. The number of nitrogens with two attached hydrogens (primary N) is 2. The lowest BCUT2D eigenvalue weighted by Gasteiger charge is -2.38. The van der Waals surface area contributed by atoms with E-state index in [2.05, 4.69) is 9.98 Å². The molecule has 0 saturated carbocycles. The summed E-state index contributed by atoms with van der Waals surface area (Å²) >= 11 is 0. The van der Waals surface area contributed by atoms with Gasteiger partial charge in [0.15, 0.2) is 5.78 Å². The van der Waals surface area contributed by atoms with Crippen LogP contribution in [0, 0.1) is 0 Å². The van der Waals surface area contributed by atoms with E-state index in [9.17, 15) is 4.79 Å². The number of Topliss-reactive ketones (excluding diaryl/α,β-unsaturated/α-hetero) is 1. The van der Waals surface area contributed by atoms with Crippen LogP contribution in [0.2, 0.25) is 0 Å². The summed E-state index contributed by atoms with van der Waals surface area (Å²) in [5.74, 6) is 0.412. The van der Waals surface area contributed by atoms with Gasteiger partial charge in [-0.05, 0) is 32.9 Å². The fraction of sp³-hybridized carbons (Fsp3) is 0.308. The fourth-order valence-electron chi connectivity index (χ4n) is 2.12. The van der Waals surface area contributed by atoms with Crippen LogP contribution in [-0.2, 0) is 0 Å². The number of aliphatic imine (C=N–C) groups is 2. The second-order valence-electron chi connectivity index (χ2n) is 4.88. The molecule has 4 N–H and O–H groups in total. The van der Waals surface area contributed by atoms with E-state index >= 15 is 0 Å². The summed E-state index contributed by atoms with van der Waals surface area (Å²) in [7, 11) is 0. The number of carbonyl (C=O) groups excluding carboxylic acids is 1. The van der Waals surface area contributed by atoms with Crippen LogP contribution in [0.5, 0.6) is 0 Å². The molecule has 0 saturated heterocycles. The molecule has 0 aliphatic carbocycles. The van der Waals surface area contributed by atoms with Gasteiger partial charge in [-0.25, -0.2) is 4.99 Å². The van der Waals surface area contributed by atoms with Crippen molar-refractivity contribution in [1.29, 1.82) is 0 Å². The summed E-state index contributed by atoms with van der Waals surface area (Å²) in [4.78, 5) is 21.4. The Hall–Kier alpha value is -2.37. The molecular formula is C13H17N5O. The Labute approximate surface area is 111 Å². The Morgan fingerprint density at radius 1 is 1.32 bits per heavy atom. The van der Waals surface area contributed by atoms with Crippen molar-refractivity contribution in [1.82, 2.24) is 0 Å². The number of benzene rings is 1. The Kier molecular flexibility index (Phi) is 3.01. The second kappa shape index (κ2) is 4.38. The molecule has 1 aliphatic rings. The average molecular weight is 259 g/mol. The highest BCUT2D eigenvalue weighted by Gasteiger charge is 2.33. The van der Waals surface area contributed by atoms with Crippen molar-refractivity contribution >= 4 is 23.4 Å². The summed E-state index contributed by atoms with van der Waals surface area (Å²) in [6.45, 7) is 5.28. The molecule has 6 heteroatoms. The van der Waals surface area contributed by atoms with Gasteiger partial charge in [-0.15, -0.1) is 0 Å². The highest BCUT2D eigenvalue weighted by molar-refractivity contribution is 6.06. The number of hydrogen-bond acceptors (Lipinski definition) is 6. The molecule has 2 rings (SSSR count). The summed E-state index contributed by atoms with van der Waals surface area (Å²) in [6, 6.07) is 7.18. The SMILES string of the molecule is CC(=O)c1cccc(N2C(N)=NC(N)=NC2(C)C)c1. The molecule has 0 unspecified atom stereocenters. The van der Waals surface area contributed by atoms with Crippen LogP contribution in [0.1, 0.15) is 31.1 Å². The highest BCUT2D eigenvalue weighted by atomic mass is 16.1. The first-order valence-electron chi connectivity index (χ1n) is 5.92. The maximum Gasteiger partial charge on any atom is 0.220 e. The van der Waals surface area contributed by atoms with Crippen molar-refractivity contribution in [3.63, 3.8) is 0 Å². The van der Waals surface area contributed by atoms with Gasteiger partial charge in [-0.3, -0.25) is 9.69 Å². The minimum Gasteiger partial charge on any atom is -0.369 e. The van der Waals surface area contributed by atoms with Gasteiger partial charge in [0.2, 0.25) is 11.9 Å². The zero-order chi connectivity index (χ0) is 14.2. The number of rotatable bonds is 2. The number of ketones is 1. The minimum atomic E-state index is -0.647. The maximum atomic E-state index is 11.4. The largest absolute Gasteiger partial charge is 0.369 e. The van der Waals surface area contributed by atoms with E-state index in [0.717, 1.165) is 5.69 Å². The lowest BCUT2D eigenvalue weighted by Crippen LogP contribution is -2.54. The lowest BCUT2D eigenvalue weighted by atomic mass is 10.1. The van der Waals surface area contributed by atoms with Crippen LogP contribution in [0.4, 0.5) is 5.69 Å². The summed E-state index contributed by atoms with van der Waals surface area (Å²) < 4.78 is 0.